The number of esters is 1. The predicted molar refractivity (Wildman–Crippen MR) is 127 cm³/mol. The van der Waals surface area contributed by atoms with Gasteiger partial charge in [-0.05, 0) is 37.0 Å². The van der Waals surface area contributed by atoms with Crippen LogP contribution in [0.25, 0.3) is 21.5 Å². The van der Waals surface area contributed by atoms with Crippen molar-refractivity contribution in [3.8, 4) is 10.4 Å². The standard InChI is InChI=1S/C24H28N4O3S/c1-31-24(30)20-21(25)22(32-23(20)27-11-5-8-17(29)13-27)15-9-10-19-18(12-15)26-14-28(19)16-6-3-2-4-7-16/h9-10,12,14,16H,2-8,11,13,25H2,1H3. The Bertz CT molecular complexity index is 1180. The quantitative estimate of drug-likeness (QED) is 0.572. The van der Waals surface area contributed by atoms with Crippen LogP contribution in [0.1, 0.15) is 61.3 Å². The first-order valence-corrected chi connectivity index (χ1v) is 12.1. The zero-order valence-electron chi connectivity index (χ0n) is 18.3. The number of thiophene rings is 1. The van der Waals surface area contributed by atoms with E-state index >= 15 is 0 Å². The number of Topliss-reactive ketones (excluding diaryl/α,β-unsaturated/α-hetero) is 1. The Morgan fingerprint density at radius 3 is 2.78 bits per heavy atom. The van der Waals surface area contributed by atoms with E-state index < -0.39 is 5.97 Å². The lowest BCUT2D eigenvalue weighted by molar-refractivity contribution is -0.118. The molecule has 0 atom stereocenters. The van der Waals surface area contributed by atoms with Crippen molar-refractivity contribution in [1.82, 2.24) is 9.55 Å². The molecular weight excluding hydrogens is 424 g/mol. The van der Waals surface area contributed by atoms with E-state index in [9.17, 15) is 9.59 Å². The summed E-state index contributed by atoms with van der Waals surface area (Å²) in [5.74, 6) is -0.295. The molecule has 7 nitrogen and oxygen atoms in total. The lowest BCUT2D eigenvalue weighted by atomic mass is 9.95. The van der Waals surface area contributed by atoms with Crippen molar-refractivity contribution in [1.29, 1.82) is 0 Å². The SMILES string of the molecule is COC(=O)c1c(N2CCCC(=O)C2)sc(-c2ccc3c(c2)ncn3C2CCCCC2)c1N. The van der Waals surface area contributed by atoms with Crippen molar-refractivity contribution in [3.05, 3.63) is 30.1 Å². The molecule has 0 spiro atoms. The number of nitrogen functional groups attached to an aromatic ring is 1. The molecule has 1 aliphatic carbocycles. The van der Waals surface area contributed by atoms with E-state index in [4.69, 9.17) is 10.5 Å². The maximum Gasteiger partial charge on any atom is 0.343 e. The molecule has 0 unspecified atom stereocenters. The van der Waals surface area contributed by atoms with Crippen molar-refractivity contribution in [2.45, 2.75) is 51.0 Å². The van der Waals surface area contributed by atoms with Gasteiger partial charge in [0.25, 0.3) is 0 Å². The Hall–Kier alpha value is -2.87. The number of hydrogen-bond acceptors (Lipinski definition) is 7. The molecule has 0 bridgehead atoms. The van der Waals surface area contributed by atoms with Crippen LogP contribution in [0.5, 0.6) is 0 Å². The molecule has 32 heavy (non-hydrogen) atoms. The first kappa shape index (κ1) is 21.0. The van der Waals surface area contributed by atoms with E-state index in [1.165, 1.54) is 50.6 Å². The number of methoxy groups -OCH3 is 1. The van der Waals surface area contributed by atoms with E-state index in [-0.39, 0.29) is 5.78 Å². The number of ether oxygens (including phenoxy) is 1. The number of benzene rings is 1. The molecule has 3 heterocycles. The number of anilines is 2. The van der Waals surface area contributed by atoms with Crippen molar-refractivity contribution in [2.24, 2.45) is 0 Å². The molecule has 2 N–H and O–H groups in total. The van der Waals surface area contributed by atoms with Gasteiger partial charge in [-0.15, -0.1) is 11.3 Å². The fraction of sp³-hybridized carbons (Fsp3) is 0.458. The largest absolute Gasteiger partial charge is 0.465 e. The normalized spacial score (nSPS) is 17.8. The minimum atomic E-state index is -0.472. The lowest BCUT2D eigenvalue weighted by Gasteiger charge is -2.27. The van der Waals surface area contributed by atoms with Crippen LogP contribution in [0, 0.1) is 0 Å². The number of nitrogens with two attached hydrogens (primary N) is 1. The first-order valence-electron chi connectivity index (χ1n) is 11.3. The van der Waals surface area contributed by atoms with Gasteiger partial charge in [-0.2, -0.15) is 0 Å². The summed E-state index contributed by atoms with van der Waals surface area (Å²) >= 11 is 1.45. The third-order valence-electron chi connectivity index (χ3n) is 6.66. The highest BCUT2D eigenvalue weighted by Crippen LogP contribution is 2.45. The van der Waals surface area contributed by atoms with Crippen LogP contribution in [-0.2, 0) is 9.53 Å². The molecule has 168 valence electrons. The molecule has 8 heteroatoms. The summed E-state index contributed by atoms with van der Waals surface area (Å²) in [4.78, 5) is 32.1. The summed E-state index contributed by atoms with van der Waals surface area (Å²) in [6.45, 7) is 1.02. The van der Waals surface area contributed by atoms with Gasteiger partial charge >= 0.3 is 5.97 Å². The average molecular weight is 453 g/mol. The second-order valence-electron chi connectivity index (χ2n) is 8.73. The molecule has 2 fully saturated rings. The van der Waals surface area contributed by atoms with Gasteiger partial charge in [0, 0.05) is 19.0 Å². The Morgan fingerprint density at radius 2 is 2.03 bits per heavy atom. The molecule has 2 aliphatic rings. The van der Waals surface area contributed by atoms with Gasteiger partial charge in [0.05, 0.1) is 41.6 Å². The number of fused-ring (bicyclic) bond motifs is 1. The van der Waals surface area contributed by atoms with Gasteiger partial charge in [-0.3, -0.25) is 4.79 Å². The number of piperidine rings is 1. The third-order valence-corrected chi connectivity index (χ3v) is 7.97. The van der Waals surface area contributed by atoms with Crippen molar-refractivity contribution in [3.63, 3.8) is 0 Å². The summed E-state index contributed by atoms with van der Waals surface area (Å²) in [6.07, 6.45) is 9.57. The molecule has 1 aliphatic heterocycles. The number of carbonyl (C=O) groups is 2. The van der Waals surface area contributed by atoms with E-state index in [1.54, 1.807) is 0 Å². The maximum absolute atomic E-state index is 12.6. The Kier molecular flexibility index (Phi) is 5.63. The fourth-order valence-electron chi connectivity index (χ4n) is 5.00. The summed E-state index contributed by atoms with van der Waals surface area (Å²) in [6, 6.07) is 6.72. The van der Waals surface area contributed by atoms with Crippen LogP contribution < -0.4 is 10.6 Å². The minimum absolute atomic E-state index is 0.176. The zero-order chi connectivity index (χ0) is 22.2. The van der Waals surface area contributed by atoms with Crippen LogP contribution in [0.3, 0.4) is 0 Å². The van der Waals surface area contributed by atoms with E-state index in [0.717, 1.165) is 34.4 Å². The van der Waals surface area contributed by atoms with Gasteiger partial charge in [-0.1, -0.05) is 25.3 Å². The van der Waals surface area contributed by atoms with E-state index in [2.05, 4.69) is 21.7 Å². The van der Waals surface area contributed by atoms with Crippen molar-refractivity contribution in [2.75, 3.05) is 30.8 Å². The van der Waals surface area contributed by atoms with Crippen molar-refractivity contribution >= 4 is 44.8 Å². The number of imidazole rings is 1. The van der Waals surface area contributed by atoms with Gasteiger partial charge in [0.2, 0.25) is 0 Å². The Morgan fingerprint density at radius 1 is 1.22 bits per heavy atom. The van der Waals surface area contributed by atoms with Crippen LogP contribution in [0.2, 0.25) is 0 Å². The molecule has 1 saturated carbocycles. The first-order chi connectivity index (χ1) is 15.6. The summed E-state index contributed by atoms with van der Waals surface area (Å²) < 4.78 is 7.33. The monoisotopic (exact) mass is 452 g/mol. The summed E-state index contributed by atoms with van der Waals surface area (Å²) in [5.41, 5.74) is 10.2. The molecule has 2 aromatic heterocycles. The van der Waals surface area contributed by atoms with Crippen LogP contribution in [-0.4, -0.2) is 41.5 Å². The highest BCUT2D eigenvalue weighted by molar-refractivity contribution is 7.20. The van der Waals surface area contributed by atoms with Gasteiger partial charge < -0.3 is 19.9 Å². The lowest BCUT2D eigenvalue weighted by Crippen LogP contribution is -2.35. The smallest absolute Gasteiger partial charge is 0.343 e. The summed E-state index contributed by atoms with van der Waals surface area (Å²) in [5, 5.41) is 0.713. The fourth-order valence-corrected chi connectivity index (χ4v) is 6.23. The number of nitrogens with zero attached hydrogens (tertiary/aromatic N) is 3. The second kappa shape index (κ2) is 8.58. The van der Waals surface area contributed by atoms with E-state index in [1.807, 2.05) is 17.3 Å². The third kappa shape index (κ3) is 3.66. The number of aromatic nitrogens is 2. The highest BCUT2D eigenvalue weighted by Gasteiger charge is 2.29. The minimum Gasteiger partial charge on any atom is -0.465 e. The molecule has 0 amide bonds. The Balaban J connectivity index is 1.55. The van der Waals surface area contributed by atoms with E-state index in [0.29, 0.717) is 35.3 Å². The zero-order valence-corrected chi connectivity index (χ0v) is 19.1. The maximum atomic E-state index is 12.6. The average Bonchev–Trinajstić information content (AvgIpc) is 3.40. The van der Waals surface area contributed by atoms with Crippen LogP contribution in [0.15, 0.2) is 24.5 Å². The second-order valence-corrected chi connectivity index (χ2v) is 9.73. The highest BCUT2D eigenvalue weighted by atomic mass is 32.1. The van der Waals surface area contributed by atoms with Gasteiger partial charge in [0.15, 0.2) is 5.78 Å². The topological polar surface area (TPSA) is 90.5 Å². The molecule has 3 aromatic rings. The molecule has 1 aromatic carbocycles. The number of carbonyl (C=O) groups excluding carboxylic acids is 2. The molecule has 5 rings (SSSR count). The van der Waals surface area contributed by atoms with Crippen molar-refractivity contribution < 1.29 is 14.3 Å². The van der Waals surface area contributed by atoms with Crippen LogP contribution >= 0.6 is 11.3 Å². The number of hydrogen-bond donors (Lipinski definition) is 1. The Labute approximate surface area is 191 Å². The van der Waals surface area contributed by atoms with Gasteiger partial charge in [-0.25, -0.2) is 9.78 Å². The van der Waals surface area contributed by atoms with Crippen LogP contribution in [0.4, 0.5) is 10.7 Å². The number of ketones is 1. The molecule has 1 saturated heterocycles. The molecular formula is C24H28N4O3S. The number of rotatable bonds is 4. The van der Waals surface area contributed by atoms with Gasteiger partial charge in [0.1, 0.15) is 10.6 Å². The summed E-state index contributed by atoms with van der Waals surface area (Å²) in [7, 11) is 1.36. The molecule has 0 radical (unpaired) electrons. The predicted octanol–water partition coefficient (Wildman–Crippen LogP) is 4.81.